The highest BCUT2D eigenvalue weighted by molar-refractivity contribution is 6.00. The minimum atomic E-state index is -2.80. The molecule has 1 N–H and O–H groups in total. The summed E-state index contributed by atoms with van der Waals surface area (Å²) in [5, 5.41) is 11.0. The maximum atomic E-state index is 13.9. The number of aryl methyl sites for hydroxylation is 1. The Balaban J connectivity index is 1.80. The fourth-order valence-electron chi connectivity index (χ4n) is 3.93. The van der Waals surface area contributed by atoms with Crippen molar-refractivity contribution in [1.29, 1.82) is 0 Å². The molecular formula is C23H24F2N6O2. The largest absolute Gasteiger partial charge is 0.497 e. The van der Waals surface area contributed by atoms with Crippen LogP contribution in [0.5, 0.6) is 5.75 Å². The van der Waals surface area contributed by atoms with Gasteiger partial charge in [-0.25, -0.2) is 18.3 Å². The lowest BCUT2D eigenvalue weighted by Crippen LogP contribution is -2.31. The lowest BCUT2D eigenvalue weighted by atomic mass is 10.0. The topological polar surface area (TPSA) is 88.4 Å². The average molecular weight is 454 g/mol. The standard InChI is InChI=1S/C23H24F2N6O2/c1-5-19(16-11-26-29-13(16)2)30(3)23(32)17-12-27-31-20(21(24)25)10-18(28-22(17)31)14-6-8-15(33-4)9-7-14/h6-12,19,21H,5H2,1-4H3,(H,26,29). The van der Waals surface area contributed by atoms with E-state index in [1.165, 1.54) is 12.3 Å². The Hall–Kier alpha value is -3.82. The van der Waals surface area contributed by atoms with Crippen molar-refractivity contribution in [1.82, 2.24) is 29.7 Å². The number of amides is 1. The summed E-state index contributed by atoms with van der Waals surface area (Å²) in [7, 11) is 3.22. The third kappa shape index (κ3) is 4.04. The molecule has 1 amide bonds. The Labute approximate surface area is 189 Å². The molecule has 172 valence electrons. The van der Waals surface area contributed by atoms with Crippen LogP contribution in [-0.4, -0.2) is 49.8 Å². The van der Waals surface area contributed by atoms with Gasteiger partial charge in [-0.05, 0) is 43.7 Å². The van der Waals surface area contributed by atoms with Gasteiger partial charge >= 0.3 is 0 Å². The van der Waals surface area contributed by atoms with E-state index in [9.17, 15) is 13.6 Å². The van der Waals surface area contributed by atoms with Gasteiger partial charge in [0.1, 0.15) is 17.0 Å². The van der Waals surface area contributed by atoms with Crippen molar-refractivity contribution >= 4 is 11.6 Å². The Morgan fingerprint density at radius 2 is 1.97 bits per heavy atom. The second-order valence-electron chi connectivity index (χ2n) is 7.68. The number of hydrogen-bond donors (Lipinski definition) is 1. The zero-order valence-corrected chi connectivity index (χ0v) is 18.7. The zero-order valence-electron chi connectivity index (χ0n) is 18.7. The number of carbonyl (C=O) groups is 1. The monoisotopic (exact) mass is 454 g/mol. The number of alkyl halides is 2. The number of methoxy groups -OCH3 is 1. The minimum absolute atomic E-state index is 0.0780. The van der Waals surface area contributed by atoms with Crippen molar-refractivity contribution in [2.24, 2.45) is 0 Å². The molecule has 10 heteroatoms. The van der Waals surface area contributed by atoms with Crippen LogP contribution in [0.3, 0.4) is 0 Å². The molecule has 1 atom stereocenters. The van der Waals surface area contributed by atoms with Crippen LogP contribution in [-0.2, 0) is 0 Å². The van der Waals surface area contributed by atoms with Gasteiger partial charge in [0.15, 0.2) is 5.65 Å². The fraction of sp³-hybridized carbons (Fsp3) is 0.304. The van der Waals surface area contributed by atoms with Gasteiger partial charge in [0.05, 0.1) is 31.2 Å². The van der Waals surface area contributed by atoms with Gasteiger partial charge in [-0.3, -0.25) is 9.89 Å². The molecule has 8 nitrogen and oxygen atoms in total. The quantitative estimate of drug-likeness (QED) is 0.441. The van der Waals surface area contributed by atoms with Gasteiger partial charge in [0, 0.05) is 23.9 Å². The van der Waals surface area contributed by atoms with Crippen LogP contribution in [0.15, 0.2) is 42.7 Å². The third-order valence-corrected chi connectivity index (χ3v) is 5.74. The molecule has 0 saturated heterocycles. The Morgan fingerprint density at radius 1 is 1.24 bits per heavy atom. The first-order valence-electron chi connectivity index (χ1n) is 10.4. The average Bonchev–Trinajstić information content (AvgIpc) is 3.44. The van der Waals surface area contributed by atoms with Crippen LogP contribution in [0.1, 0.15) is 53.1 Å². The molecule has 3 heterocycles. The van der Waals surface area contributed by atoms with Gasteiger partial charge in [-0.1, -0.05) is 6.92 Å². The maximum Gasteiger partial charge on any atom is 0.280 e. The van der Waals surface area contributed by atoms with E-state index in [2.05, 4.69) is 20.3 Å². The molecule has 3 aromatic heterocycles. The fourth-order valence-corrected chi connectivity index (χ4v) is 3.93. The highest BCUT2D eigenvalue weighted by atomic mass is 19.3. The Morgan fingerprint density at radius 3 is 2.55 bits per heavy atom. The molecule has 1 aromatic carbocycles. The first kappa shape index (κ1) is 22.4. The van der Waals surface area contributed by atoms with Crippen molar-refractivity contribution in [3.63, 3.8) is 0 Å². The SMILES string of the molecule is CCC(c1cn[nH]c1C)N(C)C(=O)c1cnn2c(C(F)F)cc(-c3ccc(OC)cc3)nc12. The number of fused-ring (bicyclic) bond motifs is 1. The molecule has 33 heavy (non-hydrogen) atoms. The van der Waals surface area contributed by atoms with Gasteiger partial charge in [0.25, 0.3) is 12.3 Å². The number of rotatable bonds is 7. The van der Waals surface area contributed by atoms with Crippen LogP contribution in [0, 0.1) is 6.92 Å². The van der Waals surface area contributed by atoms with Crippen LogP contribution < -0.4 is 4.74 Å². The van der Waals surface area contributed by atoms with Crippen molar-refractivity contribution < 1.29 is 18.3 Å². The molecule has 0 aliphatic rings. The number of H-pyrrole nitrogens is 1. The second-order valence-corrected chi connectivity index (χ2v) is 7.68. The third-order valence-electron chi connectivity index (χ3n) is 5.74. The van der Waals surface area contributed by atoms with Crippen LogP contribution in [0.4, 0.5) is 8.78 Å². The summed E-state index contributed by atoms with van der Waals surface area (Å²) in [6.45, 7) is 3.85. The Bertz CT molecular complexity index is 1280. The Kier molecular flexibility index (Phi) is 6.08. The zero-order chi connectivity index (χ0) is 23.7. The van der Waals surface area contributed by atoms with Crippen LogP contribution >= 0.6 is 0 Å². The molecule has 0 bridgehead atoms. The van der Waals surface area contributed by atoms with E-state index in [1.807, 2.05) is 13.8 Å². The summed E-state index contributed by atoms with van der Waals surface area (Å²) in [6, 6.07) is 7.94. The normalized spacial score (nSPS) is 12.3. The molecule has 4 aromatic rings. The van der Waals surface area contributed by atoms with Gasteiger partial charge < -0.3 is 9.64 Å². The van der Waals surface area contributed by atoms with Gasteiger partial charge in [0.2, 0.25) is 0 Å². The van der Waals surface area contributed by atoms with Crippen LogP contribution in [0.25, 0.3) is 16.9 Å². The molecule has 0 radical (unpaired) electrons. The summed E-state index contributed by atoms with van der Waals surface area (Å²) >= 11 is 0. The van der Waals surface area contributed by atoms with Crippen molar-refractivity contribution in [3.8, 4) is 17.0 Å². The van der Waals surface area contributed by atoms with E-state index in [1.54, 1.807) is 49.5 Å². The molecular weight excluding hydrogens is 430 g/mol. The summed E-state index contributed by atoms with van der Waals surface area (Å²) in [5.74, 6) is 0.271. The maximum absolute atomic E-state index is 13.9. The lowest BCUT2D eigenvalue weighted by molar-refractivity contribution is 0.0727. The summed E-state index contributed by atoms with van der Waals surface area (Å²) < 4.78 is 34.0. The first-order valence-corrected chi connectivity index (χ1v) is 10.4. The summed E-state index contributed by atoms with van der Waals surface area (Å²) in [6.07, 6.45) is 0.831. The molecule has 0 spiro atoms. The number of ether oxygens (including phenoxy) is 1. The van der Waals surface area contributed by atoms with Gasteiger partial charge in [-0.15, -0.1) is 0 Å². The van der Waals surface area contributed by atoms with E-state index in [-0.39, 0.29) is 28.9 Å². The molecule has 0 fully saturated rings. The molecule has 0 aliphatic heterocycles. The van der Waals surface area contributed by atoms with E-state index in [0.29, 0.717) is 23.4 Å². The number of aromatic nitrogens is 5. The van der Waals surface area contributed by atoms with Crippen molar-refractivity contribution in [2.75, 3.05) is 14.2 Å². The van der Waals surface area contributed by atoms with Crippen molar-refractivity contribution in [3.05, 3.63) is 65.2 Å². The molecule has 0 saturated carbocycles. The van der Waals surface area contributed by atoms with Crippen molar-refractivity contribution in [2.45, 2.75) is 32.7 Å². The van der Waals surface area contributed by atoms with Crippen LogP contribution in [0.2, 0.25) is 0 Å². The molecule has 1 unspecified atom stereocenters. The highest BCUT2D eigenvalue weighted by Gasteiger charge is 2.28. The highest BCUT2D eigenvalue weighted by Crippen LogP contribution is 2.30. The summed E-state index contributed by atoms with van der Waals surface area (Å²) in [5.41, 5.74) is 2.57. The lowest BCUT2D eigenvalue weighted by Gasteiger charge is -2.27. The number of nitrogens with one attached hydrogen (secondary N) is 1. The number of halogens is 2. The second kappa shape index (κ2) is 8.97. The summed E-state index contributed by atoms with van der Waals surface area (Å²) in [4.78, 5) is 19.5. The van der Waals surface area contributed by atoms with E-state index in [0.717, 1.165) is 15.8 Å². The number of benzene rings is 1. The number of carbonyl (C=O) groups excluding carboxylic acids is 1. The minimum Gasteiger partial charge on any atom is -0.497 e. The molecule has 0 aliphatic carbocycles. The first-order chi connectivity index (χ1) is 15.8. The molecule has 4 rings (SSSR count). The van der Waals surface area contributed by atoms with E-state index < -0.39 is 6.43 Å². The van der Waals surface area contributed by atoms with E-state index >= 15 is 0 Å². The van der Waals surface area contributed by atoms with E-state index in [4.69, 9.17) is 4.74 Å². The smallest absolute Gasteiger partial charge is 0.280 e. The predicted molar refractivity (Wildman–Crippen MR) is 118 cm³/mol. The number of nitrogens with zero attached hydrogens (tertiary/aromatic N) is 5. The predicted octanol–water partition coefficient (Wildman–Crippen LogP) is 4.60. The number of hydrogen-bond acceptors (Lipinski definition) is 5. The van der Waals surface area contributed by atoms with Gasteiger partial charge in [-0.2, -0.15) is 10.2 Å². The number of aromatic amines is 1.